The molecule has 0 amide bonds. The minimum atomic E-state index is -0.654. The summed E-state index contributed by atoms with van der Waals surface area (Å²) >= 11 is 4.70. The van der Waals surface area contributed by atoms with Gasteiger partial charge in [-0.2, -0.15) is 0 Å². The van der Waals surface area contributed by atoms with Crippen LogP contribution in [0.15, 0.2) is 12.1 Å². The molecule has 116 valence electrons. The predicted molar refractivity (Wildman–Crippen MR) is 88.3 cm³/mol. The molecule has 0 fully saturated rings. The summed E-state index contributed by atoms with van der Waals surface area (Å²) in [5.74, 6) is 0.183. The molecule has 1 rings (SSSR count). The summed E-state index contributed by atoms with van der Waals surface area (Å²) in [5.41, 5.74) is 14.2. The molecular formula is C15H23N3O2S. The molecule has 1 aromatic carbocycles. The molecule has 0 saturated carbocycles. The van der Waals surface area contributed by atoms with Crippen LogP contribution >= 0.6 is 12.2 Å². The molecule has 21 heavy (non-hydrogen) atoms. The van der Waals surface area contributed by atoms with Crippen molar-refractivity contribution in [1.82, 2.24) is 5.32 Å². The predicted octanol–water partition coefficient (Wildman–Crippen LogP) is 1.46. The lowest BCUT2D eigenvalue weighted by Gasteiger charge is -2.15. The number of aryl methyl sites for hydroxylation is 3. The van der Waals surface area contributed by atoms with Gasteiger partial charge in [-0.1, -0.05) is 17.7 Å². The number of hydrogen-bond donors (Lipinski definition) is 3. The van der Waals surface area contributed by atoms with Gasteiger partial charge in [0.15, 0.2) is 5.11 Å². The molecule has 1 atom stereocenters. The SMILES string of the molecule is Cc1cc(C)c(OC(=O)[C@@H](N)CCCNC(N)=S)c(C)c1. The van der Waals surface area contributed by atoms with E-state index < -0.39 is 12.0 Å². The van der Waals surface area contributed by atoms with E-state index in [4.69, 9.17) is 28.4 Å². The third kappa shape index (κ3) is 5.69. The van der Waals surface area contributed by atoms with Crippen LogP contribution in [0.1, 0.15) is 29.5 Å². The van der Waals surface area contributed by atoms with E-state index in [9.17, 15) is 4.79 Å². The van der Waals surface area contributed by atoms with Gasteiger partial charge in [-0.05, 0) is 57.0 Å². The Kier molecular flexibility index (Phi) is 6.58. The van der Waals surface area contributed by atoms with E-state index in [0.29, 0.717) is 25.1 Å². The molecule has 0 heterocycles. The van der Waals surface area contributed by atoms with Crippen molar-refractivity contribution in [2.45, 2.75) is 39.7 Å². The van der Waals surface area contributed by atoms with Crippen LogP contribution in [-0.4, -0.2) is 23.7 Å². The Balaban J connectivity index is 2.55. The topological polar surface area (TPSA) is 90.4 Å². The van der Waals surface area contributed by atoms with Crippen LogP contribution in [0.3, 0.4) is 0 Å². The molecule has 5 nitrogen and oxygen atoms in total. The third-order valence-electron chi connectivity index (χ3n) is 3.10. The van der Waals surface area contributed by atoms with Gasteiger partial charge in [0, 0.05) is 6.54 Å². The fraction of sp³-hybridized carbons (Fsp3) is 0.467. The number of rotatable bonds is 6. The number of hydrogen-bond acceptors (Lipinski definition) is 4. The van der Waals surface area contributed by atoms with Crippen LogP contribution in [0.4, 0.5) is 0 Å². The number of nitrogens with one attached hydrogen (secondary N) is 1. The number of thiocarbonyl (C=S) groups is 1. The van der Waals surface area contributed by atoms with Gasteiger partial charge in [0.25, 0.3) is 0 Å². The van der Waals surface area contributed by atoms with Gasteiger partial charge >= 0.3 is 5.97 Å². The maximum absolute atomic E-state index is 12.0. The second-order valence-electron chi connectivity index (χ2n) is 5.19. The molecule has 0 spiro atoms. The quantitative estimate of drug-likeness (QED) is 0.319. The molecule has 0 bridgehead atoms. The van der Waals surface area contributed by atoms with Crippen molar-refractivity contribution in [2.24, 2.45) is 11.5 Å². The Labute approximate surface area is 131 Å². The summed E-state index contributed by atoms with van der Waals surface area (Å²) in [6.07, 6.45) is 1.21. The average Bonchev–Trinajstić information content (AvgIpc) is 2.38. The van der Waals surface area contributed by atoms with Gasteiger partial charge in [-0.15, -0.1) is 0 Å². The van der Waals surface area contributed by atoms with Crippen LogP contribution in [0, 0.1) is 20.8 Å². The zero-order valence-corrected chi connectivity index (χ0v) is 13.5. The fourth-order valence-electron chi connectivity index (χ4n) is 2.16. The third-order valence-corrected chi connectivity index (χ3v) is 3.25. The fourth-order valence-corrected chi connectivity index (χ4v) is 2.26. The number of carbonyl (C=O) groups excluding carboxylic acids is 1. The Bertz CT molecular complexity index is 509. The standard InChI is InChI=1S/C15H23N3O2S/c1-9-7-10(2)13(11(3)8-9)20-14(19)12(16)5-4-6-18-15(17)21/h7-8,12H,4-6,16H2,1-3H3,(H3,17,18,21)/t12-/m0/s1. The summed E-state index contributed by atoms with van der Waals surface area (Å²) < 4.78 is 5.44. The molecule has 0 saturated heterocycles. The van der Waals surface area contributed by atoms with Crippen molar-refractivity contribution in [3.05, 3.63) is 28.8 Å². The number of esters is 1. The molecule has 0 aliphatic rings. The van der Waals surface area contributed by atoms with Crippen molar-refractivity contribution >= 4 is 23.3 Å². The Morgan fingerprint density at radius 2 is 1.90 bits per heavy atom. The summed E-state index contributed by atoms with van der Waals surface area (Å²) in [5, 5.41) is 3.06. The van der Waals surface area contributed by atoms with Crippen molar-refractivity contribution in [3.63, 3.8) is 0 Å². The van der Waals surface area contributed by atoms with E-state index in [1.54, 1.807) is 0 Å². The summed E-state index contributed by atoms with van der Waals surface area (Å²) in [6, 6.07) is 3.30. The zero-order chi connectivity index (χ0) is 16.0. The maximum Gasteiger partial charge on any atom is 0.328 e. The lowest BCUT2D eigenvalue weighted by atomic mass is 10.1. The molecule has 5 N–H and O–H groups in total. The van der Waals surface area contributed by atoms with Gasteiger partial charge < -0.3 is 21.5 Å². The first-order chi connectivity index (χ1) is 9.81. The van der Waals surface area contributed by atoms with Crippen LogP contribution in [0.2, 0.25) is 0 Å². The lowest BCUT2D eigenvalue weighted by molar-refractivity contribution is -0.136. The first-order valence-corrected chi connectivity index (χ1v) is 7.30. The number of carbonyl (C=O) groups is 1. The zero-order valence-electron chi connectivity index (χ0n) is 12.7. The maximum atomic E-state index is 12.0. The number of benzene rings is 1. The van der Waals surface area contributed by atoms with E-state index in [2.05, 4.69) is 5.32 Å². The van der Waals surface area contributed by atoms with E-state index in [-0.39, 0.29) is 5.11 Å². The summed E-state index contributed by atoms with van der Waals surface area (Å²) in [7, 11) is 0. The highest BCUT2D eigenvalue weighted by atomic mass is 32.1. The summed E-state index contributed by atoms with van der Waals surface area (Å²) in [4.78, 5) is 12.0. The highest BCUT2D eigenvalue weighted by molar-refractivity contribution is 7.80. The first-order valence-electron chi connectivity index (χ1n) is 6.89. The normalized spacial score (nSPS) is 11.8. The van der Waals surface area contributed by atoms with Crippen molar-refractivity contribution in [2.75, 3.05) is 6.54 Å². The van der Waals surface area contributed by atoms with Crippen LogP contribution < -0.4 is 21.5 Å². The van der Waals surface area contributed by atoms with Crippen molar-refractivity contribution < 1.29 is 9.53 Å². The van der Waals surface area contributed by atoms with E-state index in [0.717, 1.165) is 16.7 Å². The lowest BCUT2D eigenvalue weighted by Crippen LogP contribution is -2.36. The smallest absolute Gasteiger partial charge is 0.328 e. The minimum Gasteiger partial charge on any atom is -0.425 e. The van der Waals surface area contributed by atoms with Crippen molar-refractivity contribution in [1.29, 1.82) is 0 Å². The van der Waals surface area contributed by atoms with Crippen molar-refractivity contribution in [3.8, 4) is 5.75 Å². The second-order valence-corrected chi connectivity index (χ2v) is 5.63. The molecular weight excluding hydrogens is 286 g/mol. The van der Waals surface area contributed by atoms with Gasteiger partial charge in [-0.3, -0.25) is 0 Å². The van der Waals surface area contributed by atoms with E-state index in [1.165, 1.54) is 0 Å². The van der Waals surface area contributed by atoms with Crippen LogP contribution in [0.25, 0.3) is 0 Å². The molecule has 0 radical (unpaired) electrons. The highest BCUT2D eigenvalue weighted by Crippen LogP contribution is 2.25. The van der Waals surface area contributed by atoms with Gasteiger partial charge in [0.2, 0.25) is 0 Å². The monoisotopic (exact) mass is 309 g/mol. The molecule has 0 aliphatic heterocycles. The second kappa shape index (κ2) is 7.95. The number of ether oxygens (including phenoxy) is 1. The Hall–Kier alpha value is -1.66. The number of nitrogens with two attached hydrogens (primary N) is 2. The minimum absolute atomic E-state index is 0.247. The van der Waals surface area contributed by atoms with Gasteiger partial charge in [-0.25, -0.2) is 4.79 Å². The van der Waals surface area contributed by atoms with E-state index >= 15 is 0 Å². The molecule has 1 aromatic rings. The average molecular weight is 309 g/mol. The molecule has 0 aromatic heterocycles. The molecule has 6 heteroatoms. The van der Waals surface area contributed by atoms with Gasteiger partial charge in [0.05, 0.1) is 0 Å². The Morgan fingerprint density at radius 3 is 2.43 bits per heavy atom. The Morgan fingerprint density at radius 1 is 1.33 bits per heavy atom. The first kappa shape index (κ1) is 17.4. The van der Waals surface area contributed by atoms with Crippen LogP contribution in [0.5, 0.6) is 5.75 Å². The summed E-state index contributed by atoms with van der Waals surface area (Å²) in [6.45, 7) is 6.44. The van der Waals surface area contributed by atoms with Gasteiger partial charge in [0.1, 0.15) is 11.8 Å². The van der Waals surface area contributed by atoms with Crippen LogP contribution in [-0.2, 0) is 4.79 Å². The molecule has 0 aliphatic carbocycles. The van der Waals surface area contributed by atoms with E-state index in [1.807, 2.05) is 32.9 Å². The highest BCUT2D eigenvalue weighted by Gasteiger charge is 2.17. The largest absolute Gasteiger partial charge is 0.425 e. The molecule has 0 unspecified atom stereocenters.